The number of anilines is 3. The molecule has 0 radical (unpaired) electrons. The van der Waals surface area contributed by atoms with Gasteiger partial charge in [-0.2, -0.15) is 15.0 Å². The molecule has 3 aromatic rings. The van der Waals surface area contributed by atoms with Crippen molar-refractivity contribution in [3.63, 3.8) is 0 Å². The SMILES string of the molecule is Cc1cnc(Nc2nc(Sc3ccc(CC(=O)C4CC4)cc3)nc(N3CCNCC3)n2)s1. The van der Waals surface area contributed by atoms with E-state index in [4.69, 9.17) is 4.98 Å². The zero-order valence-electron chi connectivity index (χ0n) is 17.9. The first-order chi connectivity index (χ1) is 15.6. The summed E-state index contributed by atoms with van der Waals surface area (Å²) in [4.78, 5) is 34.8. The monoisotopic (exact) mass is 467 g/mol. The number of rotatable bonds is 8. The number of thiazole rings is 1. The summed E-state index contributed by atoms with van der Waals surface area (Å²) in [6, 6.07) is 8.12. The first-order valence-electron chi connectivity index (χ1n) is 10.8. The maximum atomic E-state index is 12.1. The third-order valence-corrected chi connectivity index (χ3v) is 7.09. The Balaban J connectivity index is 1.35. The molecule has 0 unspecified atom stereocenters. The topological polar surface area (TPSA) is 95.9 Å². The van der Waals surface area contributed by atoms with Crippen LogP contribution in [0.4, 0.5) is 17.0 Å². The minimum atomic E-state index is 0.297. The van der Waals surface area contributed by atoms with E-state index < -0.39 is 0 Å². The Labute approximate surface area is 195 Å². The van der Waals surface area contributed by atoms with E-state index in [1.165, 1.54) is 11.8 Å². The molecule has 0 atom stereocenters. The van der Waals surface area contributed by atoms with E-state index in [-0.39, 0.29) is 0 Å². The molecule has 2 N–H and O–H groups in total. The molecule has 1 aromatic carbocycles. The van der Waals surface area contributed by atoms with E-state index in [1.54, 1.807) is 11.3 Å². The van der Waals surface area contributed by atoms with Gasteiger partial charge in [0.05, 0.1) is 0 Å². The molecule has 2 aliphatic rings. The lowest BCUT2D eigenvalue weighted by molar-refractivity contribution is -0.119. The maximum Gasteiger partial charge on any atom is 0.234 e. The van der Waals surface area contributed by atoms with Gasteiger partial charge in [0.2, 0.25) is 11.9 Å². The summed E-state index contributed by atoms with van der Waals surface area (Å²) in [5, 5.41) is 7.98. The molecule has 1 aliphatic carbocycles. The molecule has 2 fully saturated rings. The summed E-state index contributed by atoms with van der Waals surface area (Å²) in [7, 11) is 0. The molecule has 2 aromatic heterocycles. The molecule has 1 saturated carbocycles. The predicted octanol–water partition coefficient (Wildman–Crippen LogP) is 3.46. The molecule has 10 heteroatoms. The molecule has 8 nitrogen and oxygen atoms in total. The Morgan fingerprint density at radius 3 is 2.66 bits per heavy atom. The number of benzene rings is 1. The summed E-state index contributed by atoms with van der Waals surface area (Å²) in [6.07, 6.45) is 4.46. The van der Waals surface area contributed by atoms with Gasteiger partial charge in [0.25, 0.3) is 0 Å². The standard InChI is InChI=1S/C22H25N7OS2/c1-14-13-24-21(31-14)26-19-25-20(29-10-8-23-9-11-29)28-22(27-19)32-17-6-2-15(3-7-17)12-18(30)16-4-5-16/h2-3,6-7,13,16,23H,4-5,8-12H2,1H3,(H,24,25,26,27,28). The van der Waals surface area contributed by atoms with E-state index >= 15 is 0 Å². The third-order valence-electron chi connectivity index (χ3n) is 5.39. The number of nitrogens with one attached hydrogen (secondary N) is 2. The van der Waals surface area contributed by atoms with Crippen molar-refractivity contribution in [2.45, 2.75) is 36.2 Å². The van der Waals surface area contributed by atoms with E-state index in [2.05, 4.69) is 30.5 Å². The van der Waals surface area contributed by atoms with Crippen molar-refractivity contribution in [1.82, 2.24) is 25.3 Å². The number of ketones is 1. The van der Waals surface area contributed by atoms with Crippen LogP contribution in [-0.4, -0.2) is 51.9 Å². The molecule has 1 aliphatic heterocycles. The van der Waals surface area contributed by atoms with Gasteiger partial charge in [0.15, 0.2) is 10.3 Å². The molecular weight excluding hydrogens is 442 g/mol. The summed E-state index contributed by atoms with van der Waals surface area (Å²) in [5.41, 5.74) is 1.06. The molecule has 32 heavy (non-hydrogen) atoms. The van der Waals surface area contributed by atoms with Gasteiger partial charge >= 0.3 is 0 Å². The predicted molar refractivity (Wildman–Crippen MR) is 127 cm³/mol. The second-order valence-corrected chi connectivity index (χ2v) is 10.3. The zero-order chi connectivity index (χ0) is 21.9. The normalized spacial score (nSPS) is 16.2. The zero-order valence-corrected chi connectivity index (χ0v) is 19.5. The molecule has 0 amide bonds. The van der Waals surface area contributed by atoms with Crippen LogP contribution in [0.3, 0.4) is 0 Å². The van der Waals surface area contributed by atoms with Crippen LogP contribution in [0.2, 0.25) is 0 Å². The van der Waals surface area contributed by atoms with Crippen LogP contribution in [0, 0.1) is 12.8 Å². The van der Waals surface area contributed by atoms with Crippen molar-refractivity contribution >= 4 is 45.9 Å². The van der Waals surface area contributed by atoms with Gasteiger partial charge < -0.3 is 10.2 Å². The van der Waals surface area contributed by atoms with Crippen molar-refractivity contribution in [1.29, 1.82) is 0 Å². The maximum absolute atomic E-state index is 12.1. The number of hydrogen-bond acceptors (Lipinski definition) is 10. The highest BCUT2D eigenvalue weighted by Gasteiger charge is 2.29. The lowest BCUT2D eigenvalue weighted by atomic mass is 10.1. The highest BCUT2D eigenvalue weighted by molar-refractivity contribution is 7.99. The van der Waals surface area contributed by atoms with Crippen LogP contribution in [0.15, 0.2) is 40.5 Å². The van der Waals surface area contributed by atoms with Gasteiger partial charge in [0.1, 0.15) is 5.78 Å². The third kappa shape index (κ3) is 5.43. The van der Waals surface area contributed by atoms with E-state index in [9.17, 15) is 4.79 Å². The van der Waals surface area contributed by atoms with Crippen LogP contribution in [0.25, 0.3) is 0 Å². The number of nitrogens with zero attached hydrogens (tertiary/aromatic N) is 5. The Morgan fingerprint density at radius 1 is 1.19 bits per heavy atom. The second kappa shape index (κ2) is 9.51. The lowest BCUT2D eigenvalue weighted by Gasteiger charge is -2.27. The molecular formula is C22H25N7OS2. The van der Waals surface area contributed by atoms with Gasteiger partial charge in [-0.1, -0.05) is 12.1 Å². The number of carbonyl (C=O) groups excluding carboxylic acids is 1. The van der Waals surface area contributed by atoms with Crippen LogP contribution < -0.4 is 15.5 Å². The van der Waals surface area contributed by atoms with E-state index in [0.29, 0.717) is 35.2 Å². The first kappa shape index (κ1) is 21.3. The summed E-state index contributed by atoms with van der Waals surface area (Å²) in [6.45, 7) is 5.54. The van der Waals surface area contributed by atoms with Gasteiger partial charge in [-0.3, -0.25) is 10.1 Å². The minimum Gasteiger partial charge on any atom is -0.338 e. The van der Waals surface area contributed by atoms with Crippen molar-refractivity contribution in [3.05, 3.63) is 40.9 Å². The largest absolute Gasteiger partial charge is 0.338 e. The average Bonchev–Trinajstić information content (AvgIpc) is 3.58. The highest BCUT2D eigenvalue weighted by atomic mass is 32.2. The number of carbonyl (C=O) groups is 1. The van der Waals surface area contributed by atoms with Gasteiger partial charge in [-0.25, -0.2) is 4.98 Å². The number of aryl methyl sites for hydroxylation is 1. The highest BCUT2D eigenvalue weighted by Crippen LogP contribution is 2.32. The Bertz CT molecular complexity index is 1090. The van der Waals surface area contributed by atoms with Crippen LogP contribution in [0.5, 0.6) is 0 Å². The minimum absolute atomic E-state index is 0.297. The van der Waals surface area contributed by atoms with Crippen molar-refractivity contribution in [3.8, 4) is 0 Å². The number of hydrogen-bond donors (Lipinski definition) is 2. The molecule has 3 heterocycles. The quantitative estimate of drug-likeness (QED) is 0.516. The number of Topliss-reactive ketones (excluding diaryl/α,β-unsaturated/α-hetero) is 1. The summed E-state index contributed by atoms with van der Waals surface area (Å²) in [5.74, 6) is 1.82. The molecule has 1 saturated heterocycles. The number of piperazine rings is 1. The van der Waals surface area contributed by atoms with Crippen molar-refractivity contribution in [2.24, 2.45) is 5.92 Å². The Kier molecular flexibility index (Phi) is 6.33. The van der Waals surface area contributed by atoms with E-state index in [0.717, 1.165) is 59.5 Å². The summed E-state index contributed by atoms with van der Waals surface area (Å²) >= 11 is 3.06. The van der Waals surface area contributed by atoms with Gasteiger partial charge in [-0.15, -0.1) is 11.3 Å². The Hall–Kier alpha value is -2.56. The van der Waals surface area contributed by atoms with Gasteiger partial charge in [-0.05, 0) is 49.2 Å². The fourth-order valence-electron chi connectivity index (χ4n) is 3.49. The molecule has 0 spiro atoms. The fourth-order valence-corrected chi connectivity index (χ4v) is 4.89. The van der Waals surface area contributed by atoms with Crippen molar-refractivity contribution < 1.29 is 4.79 Å². The summed E-state index contributed by atoms with van der Waals surface area (Å²) < 4.78 is 0. The van der Waals surface area contributed by atoms with Crippen LogP contribution in [-0.2, 0) is 11.2 Å². The van der Waals surface area contributed by atoms with Crippen LogP contribution in [0.1, 0.15) is 23.3 Å². The smallest absolute Gasteiger partial charge is 0.234 e. The second-order valence-electron chi connectivity index (χ2n) is 8.04. The first-order valence-corrected chi connectivity index (χ1v) is 12.5. The molecule has 166 valence electrons. The number of aromatic nitrogens is 4. The lowest BCUT2D eigenvalue weighted by Crippen LogP contribution is -2.44. The molecule has 0 bridgehead atoms. The van der Waals surface area contributed by atoms with Crippen LogP contribution >= 0.6 is 23.1 Å². The van der Waals surface area contributed by atoms with Gasteiger partial charge in [0, 0.05) is 54.5 Å². The van der Waals surface area contributed by atoms with Crippen molar-refractivity contribution in [2.75, 3.05) is 36.4 Å². The fraction of sp³-hybridized carbons (Fsp3) is 0.409. The van der Waals surface area contributed by atoms with E-state index in [1.807, 2.05) is 37.4 Å². The molecule has 5 rings (SSSR count). The average molecular weight is 468 g/mol. The Morgan fingerprint density at radius 2 is 1.97 bits per heavy atom.